The van der Waals surface area contributed by atoms with Crippen LogP contribution in [0, 0.1) is 0 Å². The second-order valence-electron chi connectivity index (χ2n) is 4.18. The summed E-state index contributed by atoms with van der Waals surface area (Å²) in [6, 6.07) is 18.5. The fourth-order valence-electron chi connectivity index (χ4n) is 1.82. The second-order valence-corrected chi connectivity index (χ2v) is 4.18. The Morgan fingerprint density at radius 2 is 1.63 bits per heavy atom. The maximum Gasteiger partial charge on any atom is 0.330 e. The molecule has 2 nitrogen and oxygen atoms in total. The minimum absolute atomic E-state index is 0.374. The molecule has 2 aromatic carbocycles. The van der Waals surface area contributed by atoms with Gasteiger partial charge in [0.25, 0.3) is 0 Å². The zero-order valence-electron chi connectivity index (χ0n) is 10.7. The molecule has 0 bridgehead atoms. The Morgan fingerprint density at radius 1 is 1.00 bits per heavy atom. The van der Waals surface area contributed by atoms with E-state index in [0.29, 0.717) is 13.0 Å². The second kappa shape index (κ2) is 6.55. The summed E-state index contributed by atoms with van der Waals surface area (Å²) in [5.41, 5.74) is 3.54. The van der Waals surface area contributed by atoms with Gasteiger partial charge in [-0.1, -0.05) is 61.2 Å². The third-order valence-electron chi connectivity index (χ3n) is 2.86. The number of ether oxygens (including phenoxy) is 1. The molecule has 0 fully saturated rings. The Morgan fingerprint density at radius 3 is 2.26 bits per heavy atom. The van der Waals surface area contributed by atoms with Gasteiger partial charge in [0.1, 0.15) is 0 Å². The highest BCUT2D eigenvalue weighted by molar-refractivity contribution is 5.81. The third kappa shape index (κ3) is 3.81. The van der Waals surface area contributed by atoms with Crippen molar-refractivity contribution in [3.63, 3.8) is 0 Å². The van der Waals surface area contributed by atoms with Crippen LogP contribution in [0.4, 0.5) is 0 Å². The summed E-state index contributed by atoms with van der Waals surface area (Å²) in [7, 11) is 0. The van der Waals surface area contributed by atoms with Gasteiger partial charge >= 0.3 is 5.97 Å². The molecule has 0 aliphatic heterocycles. The smallest absolute Gasteiger partial charge is 0.330 e. The number of hydrogen-bond acceptors (Lipinski definition) is 2. The highest BCUT2D eigenvalue weighted by atomic mass is 16.5. The molecular formula is C17H16O2. The van der Waals surface area contributed by atoms with E-state index in [-0.39, 0.29) is 5.97 Å². The van der Waals surface area contributed by atoms with Gasteiger partial charge in [0, 0.05) is 12.5 Å². The number of benzene rings is 2. The zero-order valence-corrected chi connectivity index (χ0v) is 10.7. The van der Waals surface area contributed by atoms with Crippen LogP contribution in [0.25, 0.3) is 11.1 Å². The van der Waals surface area contributed by atoms with E-state index in [1.807, 2.05) is 18.2 Å². The molecule has 0 heterocycles. The first kappa shape index (κ1) is 13.1. The summed E-state index contributed by atoms with van der Waals surface area (Å²) in [6.07, 6.45) is 1.90. The fourth-order valence-corrected chi connectivity index (χ4v) is 1.82. The number of carbonyl (C=O) groups is 1. The van der Waals surface area contributed by atoms with Crippen molar-refractivity contribution in [2.75, 3.05) is 6.61 Å². The summed E-state index contributed by atoms with van der Waals surface area (Å²) in [4.78, 5) is 10.9. The van der Waals surface area contributed by atoms with E-state index >= 15 is 0 Å². The highest BCUT2D eigenvalue weighted by Gasteiger charge is 1.99. The van der Waals surface area contributed by atoms with E-state index in [4.69, 9.17) is 4.74 Å². The van der Waals surface area contributed by atoms with Gasteiger partial charge in [0.15, 0.2) is 0 Å². The monoisotopic (exact) mass is 252 g/mol. The van der Waals surface area contributed by atoms with Gasteiger partial charge in [-0.2, -0.15) is 0 Å². The summed E-state index contributed by atoms with van der Waals surface area (Å²) in [5.74, 6) is -0.374. The van der Waals surface area contributed by atoms with Gasteiger partial charge in [-0.3, -0.25) is 0 Å². The molecule has 0 unspecified atom stereocenters. The summed E-state index contributed by atoms with van der Waals surface area (Å²) < 4.78 is 4.95. The number of carbonyl (C=O) groups excluding carboxylic acids is 1. The molecule has 19 heavy (non-hydrogen) atoms. The van der Waals surface area contributed by atoms with Gasteiger partial charge in [-0.25, -0.2) is 4.79 Å². The van der Waals surface area contributed by atoms with Crippen LogP contribution in [0.5, 0.6) is 0 Å². The maximum atomic E-state index is 10.9. The van der Waals surface area contributed by atoms with Crippen molar-refractivity contribution >= 4 is 5.97 Å². The lowest BCUT2D eigenvalue weighted by Crippen LogP contribution is -2.04. The minimum atomic E-state index is -0.374. The lowest BCUT2D eigenvalue weighted by Gasteiger charge is -2.05. The van der Waals surface area contributed by atoms with Crippen molar-refractivity contribution in [3.05, 3.63) is 72.8 Å². The molecule has 2 rings (SSSR count). The summed E-state index contributed by atoms with van der Waals surface area (Å²) >= 11 is 0. The maximum absolute atomic E-state index is 10.9. The average Bonchev–Trinajstić information content (AvgIpc) is 2.48. The van der Waals surface area contributed by atoms with E-state index in [0.717, 1.165) is 5.56 Å². The lowest BCUT2D eigenvalue weighted by atomic mass is 10.0. The SMILES string of the molecule is C=CC(=O)OCCc1ccc(-c2ccccc2)cc1. The van der Waals surface area contributed by atoms with Crippen LogP contribution in [0.2, 0.25) is 0 Å². The van der Waals surface area contributed by atoms with Gasteiger partial charge in [-0.05, 0) is 16.7 Å². The third-order valence-corrected chi connectivity index (χ3v) is 2.86. The molecule has 0 spiro atoms. The van der Waals surface area contributed by atoms with Crippen LogP contribution in [0.1, 0.15) is 5.56 Å². The first-order valence-electron chi connectivity index (χ1n) is 6.23. The standard InChI is InChI=1S/C17H16O2/c1-2-17(18)19-13-12-14-8-10-16(11-9-14)15-6-4-3-5-7-15/h2-11H,1,12-13H2. The lowest BCUT2D eigenvalue weighted by molar-refractivity contribution is -0.137. The van der Waals surface area contributed by atoms with Crippen molar-refractivity contribution in [2.45, 2.75) is 6.42 Å². The predicted molar refractivity (Wildman–Crippen MR) is 76.7 cm³/mol. The molecule has 0 amide bonds. The van der Waals surface area contributed by atoms with Crippen molar-refractivity contribution in [3.8, 4) is 11.1 Å². The highest BCUT2D eigenvalue weighted by Crippen LogP contribution is 2.19. The van der Waals surface area contributed by atoms with Crippen LogP contribution >= 0.6 is 0 Å². The molecule has 0 saturated heterocycles. The molecule has 0 saturated carbocycles. The van der Waals surface area contributed by atoms with E-state index in [1.165, 1.54) is 17.2 Å². The molecule has 0 aliphatic rings. The predicted octanol–water partition coefficient (Wildman–Crippen LogP) is 3.63. The van der Waals surface area contributed by atoms with E-state index in [9.17, 15) is 4.79 Å². The van der Waals surface area contributed by atoms with Crippen LogP contribution < -0.4 is 0 Å². The van der Waals surface area contributed by atoms with Crippen molar-refractivity contribution in [1.29, 1.82) is 0 Å². The largest absolute Gasteiger partial charge is 0.462 e. The van der Waals surface area contributed by atoms with Gasteiger partial charge in [-0.15, -0.1) is 0 Å². The number of rotatable bonds is 5. The molecule has 0 aromatic heterocycles. The molecule has 0 atom stereocenters. The molecule has 0 aliphatic carbocycles. The first-order chi connectivity index (χ1) is 9.29. The van der Waals surface area contributed by atoms with E-state index < -0.39 is 0 Å². The molecule has 0 radical (unpaired) electrons. The Kier molecular flexibility index (Phi) is 4.51. The molecular weight excluding hydrogens is 236 g/mol. The van der Waals surface area contributed by atoms with Crippen LogP contribution in [0.15, 0.2) is 67.3 Å². The van der Waals surface area contributed by atoms with Crippen LogP contribution in [-0.4, -0.2) is 12.6 Å². The van der Waals surface area contributed by atoms with Crippen LogP contribution in [-0.2, 0) is 16.0 Å². The fraction of sp³-hybridized carbons (Fsp3) is 0.118. The number of hydrogen-bond donors (Lipinski definition) is 0. The molecule has 2 aromatic rings. The summed E-state index contributed by atoms with van der Waals surface area (Å²) in [6.45, 7) is 3.74. The number of esters is 1. The Bertz CT molecular complexity index is 541. The van der Waals surface area contributed by atoms with Gasteiger partial charge in [0.05, 0.1) is 6.61 Å². The normalized spacial score (nSPS) is 9.89. The molecule has 96 valence electrons. The van der Waals surface area contributed by atoms with E-state index in [2.05, 4.69) is 43.0 Å². The molecule has 0 N–H and O–H groups in total. The quantitative estimate of drug-likeness (QED) is 0.600. The van der Waals surface area contributed by atoms with Gasteiger partial charge < -0.3 is 4.74 Å². The topological polar surface area (TPSA) is 26.3 Å². The summed E-state index contributed by atoms with van der Waals surface area (Å²) in [5, 5.41) is 0. The van der Waals surface area contributed by atoms with Crippen molar-refractivity contribution < 1.29 is 9.53 Å². The van der Waals surface area contributed by atoms with Gasteiger partial charge in [0.2, 0.25) is 0 Å². The van der Waals surface area contributed by atoms with Crippen molar-refractivity contribution in [2.24, 2.45) is 0 Å². The Labute approximate surface area is 113 Å². The molecule has 2 heteroatoms. The minimum Gasteiger partial charge on any atom is -0.462 e. The van der Waals surface area contributed by atoms with Crippen molar-refractivity contribution in [1.82, 2.24) is 0 Å². The Hall–Kier alpha value is -2.35. The Balaban J connectivity index is 1.95. The average molecular weight is 252 g/mol. The van der Waals surface area contributed by atoms with Crippen LogP contribution in [0.3, 0.4) is 0 Å². The first-order valence-corrected chi connectivity index (χ1v) is 6.23. The zero-order chi connectivity index (χ0) is 13.5. The van der Waals surface area contributed by atoms with E-state index in [1.54, 1.807) is 0 Å².